The van der Waals surface area contributed by atoms with Gasteiger partial charge in [0.15, 0.2) is 11.5 Å². The third-order valence-corrected chi connectivity index (χ3v) is 9.93. The molecule has 240 valence electrons. The van der Waals surface area contributed by atoms with E-state index in [0.29, 0.717) is 40.3 Å². The summed E-state index contributed by atoms with van der Waals surface area (Å²) in [6.45, 7) is 0.171. The van der Waals surface area contributed by atoms with E-state index in [1.807, 2.05) is 30.3 Å². The summed E-state index contributed by atoms with van der Waals surface area (Å²) in [5, 5.41) is 3.85. The summed E-state index contributed by atoms with van der Waals surface area (Å²) in [4.78, 5) is 29.9. The van der Waals surface area contributed by atoms with Crippen LogP contribution < -0.4 is 19.1 Å². The molecule has 0 aromatic heterocycles. The SMILES string of the molecule is CS(=O)(=O)N(CC(=O)N(Cc1ccc(Cl)c(Cl)c1)C(Cc1ccccc1)C(=O)NC1CCCCC1)c1ccc2c(c1)OCCO2. The van der Waals surface area contributed by atoms with Crippen LogP contribution in [-0.2, 0) is 32.6 Å². The minimum atomic E-state index is -3.94. The van der Waals surface area contributed by atoms with Crippen molar-refractivity contribution < 1.29 is 27.5 Å². The number of carbonyl (C=O) groups excluding carboxylic acids is 2. The van der Waals surface area contributed by atoms with Crippen LogP contribution in [0.25, 0.3) is 0 Å². The van der Waals surface area contributed by atoms with Gasteiger partial charge in [0.2, 0.25) is 21.8 Å². The van der Waals surface area contributed by atoms with Crippen molar-refractivity contribution in [3.05, 3.63) is 87.9 Å². The van der Waals surface area contributed by atoms with Crippen molar-refractivity contribution in [3.63, 3.8) is 0 Å². The van der Waals surface area contributed by atoms with Crippen LogP contribution in [0.5, 0.6) is 11.5 Å². The van der Waals surface area contributed by atoms with Crippen molar-refractivity contribution >= 4 is 50.7 Å². The highest BCUT2D eigenvalue weighted by atomic mass is 35.5. The molecule has 45 heavy (non-hydrogen) atoms. The molecule has 1 saturated carbocycles. The second-order valence-electron chi connectivity index (χ2n) is 11.4. The number of hydrogen-bond donors (Lipinski definition) is 1. The molecule has 0 radical (unpaired) electrons. The highest BCUT2D eigenvalue weighted by Crippen LogP contribution is 2.35. The van der Waals surface area contributed by atoms with E-state index in [2.05, 4.69) is 5.32 Å². The van der Waals surface area contributed by atoms with Crippen molar-refractivity contribution in [3.8, 4) is 11.5 Å². The number of amides is 2. The summed E-state index contributed by atoms with van der Waals surface area (Å²) in [6, 6.07) is 18.3. The normalized spacial score (nSPS) is 15.6. The lowest BCUT2D eigenvalue weighted by Gasteiger charge is -2.35. The van der Waals surface area contributed by atoms with Crippen LogP contribution >= 0.6 is 23.2 Å². The van der Waals surface area contributed by atoms with Gasteiger partial charge < -0.3 is 19.7 Å². The molecule has 1 fully saturated rings. The molecule has 1 aliphatic carbocycles. The molecule has 1 heterocycles. The Morgan fingerprint density at radius 3 is 2.29 bits per heavy atom. The van der Waals surface area contributed by atoms with Crippen molar-refractivity contribution in [2.45, 2.75) is 57.2 Å². The Morgan fingerprint density at radius 2 is 1.60 bits per heavy atom. The third kappa shape index (κ3) is 8.62. The van der Waals surface area contributed by atoms with Crippen LogP contribution in [0.15, 0.2) is 66.7 Å². The van der Waals surface area contributed by atoms with Crippen LogP contribution in [0.3, 0.4) is 0 Å². The smallest absolute Gasteiger partial charge is 0.244 e. The lowest BCUT2D eigenvalue weighted by atomic mass is 9.94. The number of sulfonamides is 1. The molecule has 3 aromatic rings. The molecular formula is C33H37Cl2N3O6S. The Balaban J connectivity index is 1.51. The van der Waals surface area contributed by atoms with E-state index >= 15 is 0 Å². The number of carbonyl (C=O) groups is 2. The number of fused-ring (bicyclic) bond motifs is 1. The summed E-state index contributed by atoms with van der Waals surface area (Å²) in [5.41, 5.74) is 1.75. The van der Waals surface area contributed by atoms with E-state index in [1.165, 1.54) is 4.90 Å². The minimum Gasteiger partial charge on any atom is -0.486 e. The fourth-order valence-electron chi connectivity index (χ4n) is 5.73. The molecule has 0 bridgehead atoms. The first-order valence-electron chi connectivity index (χ1n) is 15.0. The zero-order valence-corrected chi connectivity index (χ0v) is 27.4. The number of nitrogens with one attached hydrogen (secondary N) is 1. The van der Waals surface area contributed by atoms with Gasteiger partial charge in [0.05, 0.1) is 22.0 Å². The first-order valence-corrected chi connectivity index (χ1v) is 17.6. The molecule has 2 amide bonds. The number of benzene rings is 3. The Hall–Kier alpha value is -3.47. The van der Waals surface area contributed by atoms with Crippen molar-refractivity contribution in [1.29, 1.82) is 0 Å². The number of anilines is 1. The number of hydrogen-bond acceptors (Lipinski definition) is 6. The maximum Gasteiger partial charge on any atom is 0.244 e. The molecule has 2 aliphatic rings. The molecule has 1 N–H and O–H groups in total. The molecule has 0 spiro atoms. The molecule has 3 aromatic carbocycles. The van der Waals surface area contributed by atoms with Gasteiger partial charge in [-0.25, -0.2) is 8.42 Å². The monoisotopic (exact) mass is 673 g/mol. The summed E-state index contributed by atoms with van der Waals surface area (Å²) >= 11 is 12.5. The molecule has 0 saturated heterocycles. The second kappa shape index (κ2) is 14.7. The highest BCUT2D eigenvalue weighted by molar-refractivity contribution is 7.92. The van der Waals surface area contributed by atoms with Gasteiger partial charge in [0.1, 0.15) is 25.8 Å². The van der Waals surface area contributed by atoms with E-state index in [4.69, 9.17) is 32.7 Å². The number of ether oxygens (including phenoxy) is 2. The molecule has 1 aliphatic heterocycles. The summed E-state index contributed by atoms with van der Waals surface area (Å²) < 4.78 is 38.5. The van der Waals surface area contributed by atoms with Gasteiger partial charge in [0.25, 0.3) is 0 Å². The molecule has 5 rings (SSSR count). The standard InChI is InChI=1S/C33H37Cl2N3O6S/c1-45(41,42)38(26-13-15-30-31(20-26)44-17-16-43-30)22-32(39)37(21-24-12-14-27(34)28(35)18-24)29(19-23-8-4-2-5-9-23)33(40)36-25-10-6-3-7-11-25/h2,4-5,8-9,12-15,18,20,25,29H,3,6-7,10-11,16-17,19,21-22H2,1H3,(H,36,40). The summed E-state index contributed by atoms with van der Waals surface area (Å²) in [5.74, 6) is 0.0418. The van der Waals surface area contributed by atoms with Crippen molar-refractivity contribution in [2.75, 3.05) is 30.3 Å². The predicted molar refractivity (Wildman–Crippen MR) is 176 cm³/mol. The first-order chi connectivity index (χ1) is 21.6. The quantitative estimate of drug-likeness (QED) is 0.283. The topological polar surface area (TPSA) is 105 Å². The molecule has 9 nitrogen and oxygen atoms in total. The van der Waals surface area contributed by atoms with Crippen LogP contribution in [0.4, 0.5) is 5.69 Å². The number of halogens is 2. The molecule has 1 unspecified atom stereocenters. The van der Waals surface area contributed by atoms with E-state index in [0.717, 1.165) is 48.2 Å². The lowest BCUT2D eigenvalue weighted by Crippen LogP contribution is -2.55. The minimum absolute atomic E-state index is 0.00402. The average molecular weight is 675 g/mol. The van der Waals surface area contributed by atoms with Gasteiger partial charge in [-0.3, -0.25) is 13.9 Å². The Labute approximate surface area is 274 Å². The van der Waals surface area contributed by atoms with Crippen LogP contribution in [0, 0.1) is 0 Å². The fourth-order valence-corrected chi connectivity index (χ4v) is 6.90. The molecular weight excluding hydrogens is 637 g/mol. The van der Waals surface area contributed by atoms with Gasteiger partial charge in [-0.2, -0.15) is 0 Å². The van der Waals surface area contributed by atoms with Gasteiger partial charge >= 0.3 is 0 Å². The van der Waals surface area contributed by atoms with Crippen LogP contribution in [-0.4, -0.2) is 63.2 Å². The zero-order chi connectivity index (χ0) is 32.0. The van der Waals surface area contributed by atoms with Gasteiger partial charge in [0, 0.05) is 25.1 Å². The van der Waals surface area contributed by atoms with Gasteiger partial charge in [-0.15, -0.1) is 0 Å². The third-order valence-electron chi connectivity index (χ3n) is 8.05. The second-order valence-corrected chi connectivity index (χ2v) is 14.1. The highest BCUT2D eigenvalue weighted by Gasteiger charge is 2.34. The first kappa shape index (κ1) is 32.9. The average Bonchev–Trinajstić information content (AvgIpc) is 3.03. The molecule has 1 atom stereocenters. The van der Waals surface area contributed by atoms with Crippen molar-refractivity contribution in [1.82, 2.24) is 10.2 Å². The van der Waals surface area contributed by atoms with Crippen molar-refractivity contribution in [2.24, 2.45) is 0 Å². The van der Waals surface area contributed by atoms with Gasteiger partial charge in [-0.1, -0.05) is 78.9 Å². The Morgan fingerprint density at radius 1 is 0.889 bits per heavy atom. The van der Waals surface area contributed by atoms with Crippen LogP contribution in [0.1, 0.15) is 43.2 Å². The summed E-state index contributed by atoms with van der Waals surface area (Å²) in [6.07, 6.45) is 6.20. The molecule has 12 heteroatoms. The summed E-state index contributed by atoms with van der Waals surface area (Å²) in [7, 11) is -3.94. The van der Waals surface area contributed by atoms with Gasteiger partial charge in [-0.05, 0) is 48.2 Å². The zero-order valence-electron chi connectivity index (χ0n) is 25.1. The number of rotatable bonds is 11. The number of nitrogens with zero attached hydrogens (tertiary/aromatic N) is 2. The van der Waals surface area contributed by atoms with E-state index in [9.17, 15) is 18.0 Å². The lowest BCUT2D eigenvalue weighted by molar-refractivity contribution is -0.140. The van der Waals surface area contributed by atoms with E-state index in [-0.39, 0.29) is 30.6 Å². The fraction of sp³-hybridized carbons (Fsp3) is 0.394. The van der Waals surface area contributed by atoms with E-state index < -0.39 is 28.5 Å². The Kier molecular flexibility index (Phi) is 10.8. The Bertz CT molecular complexity index is 1620. The maximum atomic E-state index is 14.4. The van der Waals surface area contributed by atoms with E-state index in [1.54, 1.807) is 36.4 Å². The predicted octanol–water partition coefficient (Wildman–Crippen LogP) is 5.62. The maximum absolute atomic E-state index is 14.4. The largest absolute Gasteiger partial charge is 0.486 e. The van der Waals surface area contributed by atoms with Crippen LogP contribution in [0.2, 0.25) is 10.0 Å².